The monoisotopic (exact) mass is 968 g/mol. The number of rotatable bonds is 38. The molecule has 7 N–H and O–H groups in total. The number of alkyl halides is 16. The van der Waals surface area contributed by atoms with E-state index >= 15 is 0 Å². The summed E-state index contributed by atoms with van der Waals surface area (Å²) in [5, 5.41) is 64.4. The van der Waals surface area contributed by atoms with Gasteiger partial charge in [0.1, 0.15) is 44.7 Å². The van der Waals surface area contributed by atoms with Crippen molar-refractivity contribution in [2.45, 2.75) is 92.2 Å². The normalized spacial score (nSPS) is 16.7. The van der Waals surface area contributed by atoms with Gasteiger partial charge in [-0.3, -0.25) is 0 Å². The lowest BCUT2D eigenvalue weighted by atomic mass is 10.3. The molecule has 62 heavy (non-hydrogen) atoms. The van der Waals surface area contributed by atoms with Gasteiger partial charge in [0.05, 0.1) is 65.1 Å². The summed E-state index contributed by atoms with van der Waals surface area (Å²) >= 11 is 0. The van der Waals surface area contributed by atoms with Crippen LogP contribution in [-0.4, -0.2) is 208 Å². The van der Waals surface area contributed by atoms with Crippen molar-refractivity contribution in [1.82, 2.24) is 0 Å². The van der Waals surface area contributed by atoms with Crippen molar-refractivity contribution in [2.24, 2.45) is 0 Å². The summed E-state index contributed by atoms with van der Waals surface area (Å²) in [5.41, 5.74) is 0. The first-order valence-electron chi connectivity index (χ1n) is 17.0. The number of halogens is 16. The van der Waals surface area contributed by atoms with Crippen LogP contribution in [0.3, 0.4) is 0 Å². The quantitative estimate of drug-likeness (QED) is 0.0434. The van der Waals surface area contributed by atoms with E-state index in [0.717, 1.165) is 0 Å². The van der Waals surface area contributed by atoms with Crippen molar-refractivity contribution >= 4 is 0 Å². The number of hydrogen-bond acceptors (Lipinski definition) is 17. The summed E-state index contributed by atoms with van der Waals surface area (Å²) in [4.78, 5) is 0. The number of aliphatic hydroxyl groups is 7. The zero-order valence-electron chi connectivity index (χ0n) is 31.5. The van der Waals surface area contributed by atoms with E-state index in [9.17, 15) is 95.8 Å². The maximum Gasteiger partial charge on any atom is 0.453 e. The lowest BCUT2D eigenvalue weighted by molar-refractivity contribution is -0.516. The standard InChI is InChI=1S/C29H44F16O17/c30-22(31,13-55-9-19(50)7-53-5-17(48)1-3-46)59-26(38,39)28(42,43)61-24(34,35)15-57-11-21(52)12-58-16-25(36,37)62-29(44,45)27(40,41)60-23(32,33)14-56-10-20(51)8-54-6-18(49)2-4-47/h17-21,46-52H,1-16H2. The second-order valence-corrected chi connectivity index (χ2v) is 12.5. The van der Waals surface area contributed by atoms with Gasteiger partial charge in [0.15, 0.2) is 0 Å². The molecule has 0 aromatic rings. The SMILES string of the molecule is OCCC(O)COCC(O)COCC(F)(F)OC(F)(F)C(F)(F)OC(F)(F)COCC(O)COCC(F)(F)OC(F)(F)C(F)(F)OC(F)(F)COCC(O)COCC(O)CCO. The van der Waals surface area contributed by atoms with E-state index in [2.05, 4.69) is 37.9 Å². The summed E-state index contributed by atoms with van der Waals surface area (Å²) in [5.74, 6) is 0. The Balaban J connectivity index is 4.85. The Morgan fingerprint density at radius 3 is 0.661 bits per heavy atom. The van der Waals surface area contributed by atoms with Crippen molar-refractivity contribution in [3.8, 4) is 0 Å². The first-order chi connectivity index (χ1) is 28.1. The molecule has 374 valence electrons. The van der Waals surface area contributed by atoms with E-state index in [0.29, 0.717) is 0 Å². The maximum absolute atomic E-state index is 13.8. The zero-order chi connectivity index (χ0) is 48.3. The third-order valence-corrected chi connectivity index (χ3v) is 6.27. The van der Waals surface area contributed by atoms with Crippen LogP contribution in [0.5, 0.6) is 0 Å². The molecule has 0 bridgehead atoms. The Kier molecular flexibility index (Phi) is 25.6. The summed E-state index contributed by atoms with van der Waals surface area (Å²) in [7, 11) is 0. The molecule has 0 heterocycles. The van der Waals surface area contributed by atoms with Crippen LogP contribution in [0.25, 0.3) is 0 Å². The Morgan fingerprint density at radius 1 is 0.290 bits per heavy atom. The highest BCUT2D eigenvalue weighted by Crippen LogP contribution is 2.44. The molecule has 33 heteroatoms. The predicted molar refractivity (Wildman–Crippen MR) is 162 cm³/mol. The van der Waals surface area contributed by atoms with Gasteiger partial charge in [-0.05, 0) is 12.8 Å². The zero-order valence-corrected chi connectivity index (χ0v) is 31.5. The number of ether oxygens (including phenoxy) is 10. The van der Waals surface area contributed by atoms with Crippen molar-refractivity contribution in [3.05, 3.63) is 0 Å². The van der Waals surface area contributed by atoms with Crippen LogP contribution < -0.4 is 0 Å². The van der Waals surface area contributed by atoms with Crippen LogP contribution in [0.4, 0.5) is 70.2 Å². The molecule has 4 unspecified atom stereocenters. The van der Waals surface area contributed by atoms with Gasteiger partial charge in [0.2, 0.25) is 0 Å². The Morgan fingerprint density at radius 2 is 0.468 bits per heavy atom. The van der Waals surface area contributed by atoms with E-state index in [1.807, 2.05) is 0 Å². The Labute approximate surface area is 338 Å². The van der Waals surface area contributed by atoms with Gasteiger partial charge >= 0.3 is 48.9 Å². The molecule has 0 fully saturated rings. The van der Waals surface area contributed by atoms with Crippen LogP contribution in [0.2, 0.25) is 0 Å². The topological polar surface area (TPSA) is 234 Å². The Bertz CT molecular complexity index is 1130. The molecule has 0 amide bonds. The van der Waals surface area contributed by atoms with E-state index in [-0.39, 0.29) is 12.8 Å². The summed E-state index contributed by atoms with van der Waals surface area (Å²) in [6, 6.07) is 0. The van der Waals surface area contributed by atoms with Crippen molar-refractivity contribution in [3.63, 3.8) is 0 Å². The van der Waals surface area contributed by atoms with Crippen molar-refractivity contribution < 1.29 is 153 Å². The molecule has 0 saturated heterocycles. The highest BCUT2D eigenvalue weighted by Gasteiger charge is 2.68. The first kappa shape index (κ1) is 60.2. The van der Waals surface area contributed by atoms with Gasteiger partial charge in [-0.1, -0.05) is 0 Å². The Hall–Kier alpha value is -1.80. The van der Waals surface area contributed by atoms with Crippen LogP contribution >= 0.6 is 0 Å². The van der Waals surface area contributed by atoms with Gasteiger partial charge in [-0.15, -0.1) is 0 Å². The number of aliphatic hydroxyl groups excluding tert-OH is 7. The molecule has 0 saturated carbocycles. The van der Waals surface area contributed by atoms with E-state index in [1.54, 1.807) is 0 Å². The van der Waals surface area contributed by atoms with Crippen molar-refractivity contribution in [2.75, 3.05) is 92.5 Å². The van der Waals surface area contributed by atoms with Crippen LogP contribution in [-0.2, 0) is 47.4 Å². The molecule has 0 aliphatic carbocycles. The first-order valence-corrected chi connectivity index (χ1v) is 17.0. The minimum absolute atomic E-state index is 0.139. The van der Waals surface area contributed by atoms with E-state index in [4.69, 9.17) is 19.7 Å². The van der Waals surface area contributed by atoms with Gasteiger partial charge in [0, 0.05) is 13.2 Å². The minimum atomic E-state index is -6.60. The lowest BCUT2D eigenvalue weighted by Gasteiger charge is -2.31. The minimum Gasteiger partial charge on any atom is -0.396 e. The lowest BCUT2D eigenvalue weighted by Crippen LogP contribution is -2.53. The van der Waals surface area contributed by atoms with E-state index in [1.165, 1.54) is 0 Å². The van der Waals surface area contributed by atoms with Gasteiger partial charge in [0.25, 0.3) is 0 Å². The highest BCUT2D eigenvalue weighted by molar-refractivity contribution is 4.74. The van der Waals surface area contributed by atoms with Crippen LogP contribution in [0.15, 0.2) is 0 Å². The van der Waals surface area contributed by atoms with Crippen LogP contribution in [0.1, 0.15) is 12.8 Å². The van der Waals surface area contributed by atoms with Crippen molar-refractivity contribution in [1.29, 1.82) is 0 Å². The van der Waals surface area contributed by atoms with Gasteiger partial charge in [-0.2, -0.15) is 70.2 Å². The molecule has 0 aromatic heterocycles. The predicted octanol–water partition coefficient (Wildman–Crippen LogP) is 1.46. The molecular formula is C29H44F16O17. The fourth-order valence-electron chi connectivity index (χ4n) is 3.65. The summed E-state index contributed by atoms with van der Waals surface area (Å²) in [6.45, 7) is -18.3. The molecule has 0 aliphatic heterocycles. The summed E-state index contributed by atoms with van der Waals surface area (Å²) < 4.78 is 256. The second-order valence-electron chi connectivity index (χ2n) is 12.5. The molecule has 4 atom stereocenters. The summed E-state index contributed by atoms with van der Waals surface area (Å²) in [6.07, 6.45) is -56.8. The van der Waals surface area contributed by atoms with Gasteiger partial charge < -0.3 is 64.2 Å². The third kappa shape index (κ3) is 25.6. The fraction of sp³-hybridized carbons (Fsp3) is 1.00. The fourth-order valence-corrected chi connectivity index (χ4v) is 3.65. The second kappa shape index (κ2) is 26.4. The average molecular weight is 969 g/mol. The smallest absolute Gasteiger partial charge is 0.396 e. The van der Waals surface area contributed by atoms with Gasteiger partial charge in [-0.25, -0.2) is 18.9 Å². The molecule has 0 aromatic carbocycles. The molecular weight excluding hydrogens is 924 g/mol. The molecule has 0 radical (unpaired) electrons. The number of hydrogen-bond donors (Lipinski definition) is 7. The third-order valence-electron chi connectivity index (χ3n) is 6.27. The molecule has 0 rings (SSSR count). The average Bonchev–Trinajstić information content (AvgIpc) is 3.06. The van der Waals surface area contributed by atoms with E-state index < -0.39 is 172 Å². The highest BCUT2D eigenvalue weighted by atomic mass is 19.4. The molecule has 17 nitrogen and oxygen atoms in total. The largest absolute Gasteiger partial charge is 0.453 e. The van der Waals surface area contributed by atoms with Crippen LogP contribution in [0, 0.1) is 0 Å². The molecule has 0 spiro atoms. The molecule has 0 aliphatic rings. The maximum atomic E-state index is 13.8.